The van der Waals surface area contributed by atoms with Gasteiger partial charge in [-0.05, 0) is 30.7 Å². The summed E-state index contributed by atoms with van der Waals surface area (Å²) in [6.07, 6.45) is 1.88. The highest BCUT2D eigenvalue weighted by molar-refractivity contribution is 6.30. The summed E-state index contributed by atoms with van der Waals surface area (Å²) in [4.78, 5) is 18.9. The van der Waals surface area contributed by atoms with Crippen LogP contribution in [0.4, 0.5) is 0 Å². The molecule has 0 amide bonds. The first-order chi connectivity index (χ1) is 9.06. The maximum Gasteiger partial charge on any atom is 0.303 e. The Balaban J connectivity index is 2.23. The minimum atomic E-state index is -0.877. The largest absolute Gasteiger partial charge is 0.481 e. The molecule has 2 aromatic rings. The summed E-state index contributed by atoms with van der Waals surface area (Å²) in [5.74, 6) is -0.390. The molecule has 6 heteroatoms. The Morgan fingerprint density at radius 3 is 2.47 bits per heavy atom. The third-order valence-corrected chi connectivity index (χ3v) is 3.10. The Morgan fingerprint density at radius 1 is 1.21 bits per heavy atom. The summed E-state index contributed by atoms with van der Waals surface area (Å²) in [7, 11) is 0. The lowest BCUT2D eigenvalue weighted by Crippen LogP contribution is -2.00. The molecule has 0 radical (unpaired) electrons. The molecule has 0 saturated heterocycles. The van der Waals surface area contributed by atoms with Crippen LogP contribution in [-0.4, -0.2) is 21.0 Å². The number of aryl methyl sites for hydroxylation is 1. The fraction of sp³-hybridized carbons (Fsp3) is 0.154. The number of carboxylic acid groups (broad SMARTS) is 1. The van der Waals surface area contributed by atoms with E-state index in [9.17, 15) is 4.79 Å². The van der Waals surface area contributed by atoms with Gasteiger partial charge in [-0.3, -0.25) is 4.79 Å². The summed E-state index contributed by atoms with van der Waals surface area (Å²) in [6, 6.07) is 7.08. The fourth-order valence-electron chi connectivity index (χ4n) is 1.53. The molecular formula is C13H10Cl2N2O2. The van der Waals surface area contributed by atoms with E-state index in [1.165, 1.54) is 0 Å². The summed E-state index contributed by atoms with van der Waals surface area (Å²) in [5.41, 5.74) is 1.43. The third-order valence-electron chi connectivity index (χ3n) is 2.52. The molecule has 0 atom stereocenters. The summed E-state index contributed by atoms with van der Waals surface area (Å²) >= 11 is 11.8. The van der Waals surface area contributed by atoms with E-state index in [1.54, 1.807) is 30.5 Å². The second kappa shape index (κ2) is 5.99. The van der Waals surface area contributed by atoms with Crippen molar-refractivity contribution in [2.24, 2.45) is 0 Å². The number of nitrogens with zero attached hydrogens (tertiary/aromatic N) is 2. The molecule has 0 bridgehead atoms. The van der Waals surface area contributed by atoms with Gasteiger partial charge in [0, 0.05) is 28.8 Å². The van der Waals surface area contributed by atoms with E-state index >= 15 is 0 Å². The number of aliphatic carboxylic acids is 1. The minimum absolute atomic E-state index is 0.00334. The number of halogens is 2. The van der Waals surface area contributed by atoms with Crippen LogP contribution in [0.5, 0.6) is 0 Å². The third kappa shape index (κ3) is 3.66. The molecule has 0 saturated carbocycles. The second-order valence-corrected chi connectivity index (χ2v) is 4.70. The highest BCUT2D eigenvalue weighted by Gasteiger charge is 2.08. The maximum absolute atomic E-state index is 10.5. The van der Waals surface area contributed by atoms with E-state index in [0.717, 1.165) is 5.56 Å². The molecule has 4 nitrogen and oxygen atoms in total. The van der Waals surface area contributed by atoms with Gasteiger partial charge >= 0.3 is 5.97 Å². The lowest BCUT2D eigenvalue weighted by molar-refractivity contribution is -0.136. The average Bonchev–Trinajstić information content (AvgIpc) is 2.38. The Hall–Kier alpha value is -1.65. The topological polar surface area (TPSA) is 63.1 Å². The number of aromatic nitrogens is 2. The molecule has 0 aliphatic heterocycles. The Morgan fingerprint density at radius 2 is 1.89 bits per heavy atom. The number of hydrogen-bond acceptors (Lipinski definition) is 3. The molecule has 0 aliphatic rings. The number of benzene rings is 1. The lowest BCUT2D eigenvalue weighted by Gasteiger charge is -2.04. The lowest BCUT2D eigenvalue weighted by atomic mass is 10.2. The van der Waals surface area contributed by atoms with Gasteiger partial charge in [-0.15, -0.1) is 0 Å². The molecule has 1 N–H and O–H groups in total. The van der Waals surface area contributed by atoms with E-state index in [1.807, 2.05) is 0 Å². The van der Waals surface area contributed by atoms with Gasteiger partial charge in [0.15, 0.2) is 5.82 Å². The van der Waals surface area contributed by atoms with E-state index in [4.69, 9.17) is 28.3 Å². The van der Waals surface area contributed by atoms with Crippen LogP contribution < -0.4 is 0 Å². The van der Waals surface area contributed by atoms with Crippen molar-refractivity contribution in [2.75, 3.05) is 0 Å². The van der Waals surface area contributed by atoms with Crippen molar-refractivity contribution in [1.82, 2.24) is 9.97 Å². The van der Waals surface area contributed by atoms with Crippen LogP contribution in [0.15, 0.2) is 30.5 Å². The van der Waals surface area contributed by atoms with Crippen LogP contribution >= 0.6 is 23.2 Å². The SMILES string of the molecule is O=C(O)CCc1cnc(-c2ccc(Cl)cc2)nc1Cl. The smallest absolute Gasteiger partial charge is 0.303 e. The van der Waals surface area contributed by atoms with E-state index < -0.39 is 5.97 Å². The molecule has 19 heavy (non-hydrogen) atoms. The van der Waals surface area contributed by atoms with Gasteiger partial charge in [-0.25, -0.2) is 9.97 Å². The van der Waals surface area contributed by atoms with Crippen LogP contribution in [-0.2, 0) is 11.2 Å². The van der Waals surface area contributed by atoms with Crippen LogP contribution in [0.2, 0.25) is 10.2 Å². The van der Waals surface area contributed by atoms with Gasteiger partial charge in [0.05, 0.1) is 0 Å². The highest BCUT2D eigenvalue weighted by Crippen LogP contribution is 2.21. The van der Waals surface area contributed by atoms with Gasteiger partial charge in [-0.1, -0.05) is 23.2 Å². The zero-order chi connectivity index (χ0) is 13.8. The summed E-state index contributed by atoms with van der Waals surface area (Å²) in [5, 5.41) is 9.54. The van der Waals surface area contributed by atoms with Crippen molar-refractivity contribution in [3.63, 3.8) is 0 Å². The molecule has 0 aliphatic carbocycles. The Labute approximate surface area is 120 Å². The van der Waals surface area contributed by atoms with Crippen molar-refractivity contribution < 1.29 is 9.90 Å². The Kier molecular flexibility index (Phi) is 4.35. The van der Waals surface area contributed by atoms with Gasteiger partial charge in [0.2, 0.25) is 0 Å². The van der Waals surface area contributed by atoms with Crippen molar-refractivity contribution in [3.8, 4) is 11.4 Å². The van der Waals surface area contributed by atoms with Crippen LogP contribution in [0.25, 0.3) is 11.4 Å². The minimum Gasteiger partial charge on any atom is -0.481 e. The first kappa shape index (κ1) is 13.8. The Bertz CT molecular complexity index is 600. The number of carboxylic acids is 1. The van der Waals surface area contributed by atoms with Crippen LogP contribution in [0.1, 0.15) is 12.0 Å². The van der Waals surface area contributed by atoms with E-state index in [-0.39, 0.29) is 11.6 Å². The van der Waals surface area contributed by atoms with E-state index in [2.05, 4.69) is 9.97 Å². The molecule has 0 fully saturated rings. The fourth-order valence-corrected chi connectivity index (χ4v) is 1.88. The molecule has 1 aromatic heterocycles. The van der Waals surface area contributed by atoms with Crippen molar-refractivity contribution in [3.05, 3.63) is 46.2 Å². The normalized spacial score (nSPS) is 10.4. The highest BCUT2D eigenvalue weighted by atomic mass is 35.5. The number of rotatable bonds is 4. The summed E-state index contributed by atoms with van der Waals surface area (Å²) in [6.45, 7) is 0. The average molecular weight is 297 g/mol. The van der Waals surface area contributed by atoms with Gasteiger partial charge in [0.25, 0.3) is 0 Å². The van der Waals surface area contributed by atoms with Crippen molar-refractivity contribution in [1.29, 1.82) is 0 Å². The number of carbonyl (C=O) groups is 1. The monoisotopic (exact) mass is 296 g/mol. The molecule has 98 valence electrons. The predicted octanol–water partition coefficient (Wildman–Crippen LogP) is 3.47. The molecule has 0 spiro atoms. The molecular weight excluding hydrogens is 287 g/mol. The van der Waals surface area contributed by atoms with Gasteiger partial charge in [-0.2, -0.15) is 0 Å². The first-order valence-corrected chi connectivity index (χ1v) is 6.31. The van der Waals surface area contributed by atoms with E-state index in [0.29, 0.717) is 22.8 Å². The number of hydrogen-bond donors (Lipinski definition) is 1. The molecule has 0 unspecified atom stereocenters. The van der Waals surface area contributed by atoms with Crippen LogP contribution in [0, 0.1) is 0 Å². The van der Waals surface area contributed by atoms with Gasteiger partial charge in [0.1, 0.15) is 5.15 Å². The van der Waals surface area contributed by atoms with Crippen molar-refractivity contribution >= 4 is 29.2 Å². The first-order valence-electron chi connectivity index (χ1n) is 5.55. The second-order valence-electron chi connectivity index (χ2n) is 3.91. The van der Waals surface area contributed by atoms with Gasteiger partial charge < -0.3 is 5.11 Å². The zero-order valence-corrected chi connectivity index (χ0v) is 11.3. The van der Waals surface area contributed by atoms with Crippen molar-refractivity contribution in [2.45, 2.75) is 12.8 Å². The standard InChI is InChI=1S/C13H10Cl2N2O2/c14-10-4-1-8(2-5-10)13-16-7-9(12(15)17-13)3-6-11(18)19/h1-2,4-5,7H,3,6H2,(H,18,19). The molecule has 1 aromatic carbocycles. The molecule has 1 heterocycles. The molecule has 2 rings (SSSR count). The maximum atomic E-state index is 10.5. The predicted molar refractivity (Wildman–Crippen MR) is 73.4 cm³/mol. The van der Waals surface area contributed by atoms with Crippen LogP contribution in [0.3, 0.4) is 0 Å². The zero-order valence-electron chi connectivity index (χ0n) is 9.81. The summed E-state index contributed by atoms with van der Waals surface area (Å²) < 4.78 is 0. The quantitative estimate of drug-likeness (QED) is 0.878.